The van der Waals surface area contributed by atoms with Crippen molar-refractivity contribution in [1.82, 2.24) is 14.5 Å². The number of hydrogen-bond acceptors (Lipinski definition) is 7. The van der Waals surface area contributed by atoms with Gasteiger partial charge >= 0.3 is 0 Å². The van der Waals surface area contributed by atoms with Crippen LogP contribution in [-0.2, 0) is 22.6 Å². The van der Waals surface area contributed by atoms with E-state index in [4.69, 9.17) is 14.5 Å². The minimum Gasteiger partial charge on any atom is -0.506 e. The van der Waals surface area contributed by atoms with Crippen LogP contribution < -0.4 is 10.6 Å². The molecule has 3 N–H and O–H groups in total. The van der Waals surface area contributed by atoms with Gasteiger partial charge in [-0.3, -0.25) is 4.98 Å². The first kappa shape index (κ1) is 25.0. The van der Waals surface area contributed by atoms with E-state index in [-0.39, 0.29) is 11.9 Å². The third-order valence-corrected chi connectivity index (χ3v) is 6.48. The van der Waals surface area contributed by atoms with E-state index in [0.29, 0.717) is 37.9 Å². The second kappa shape index (κ2) is 10.0. The number of benzene rings is 2. The molecule has 2 aromatic heterocycles. The van der Waals surface area contributed by atoms with E-state index < -0.39 is 5.79 Å². The standard InChI is InChI=1S/C29H35N5O3/c1-18-10-19(2)12-22(11-18)30-14-21-7-8-24-26(13-21)34(16-25-27(35)9-6-20(3)32-25)28(33-24)31-15-23-17-36-29(4,5)37-23/h6-13,23,30,35H,14-17H2,1-5H3,(H,31,33)/t23-/m1/s1. The van der Waals surface area contributed by atoms with Crippen LogP contribution in [0.3, 0.4) is 0 Å². The van der Waals surface area contributed by atoms with Gasteiger partial charge in [-0.25, -0.2) is 4.98 Å². The van der Waals surface area contributed by atoms with Gasteiger partial charge in [0.2, 0.25) is 5.95 Å². The summed E-state index contributed by atoms with van der Waals surface area (Å²) in [6.45, 7) is 12.1. The number of ether oxygens (including phenoxy) is 2. The van der Waals surface area contributed by atoms with Crippen molar-refractivity contribution in [3.63, 3.8) is 0 Å². The summed E-state index contributed by atoms with van der Waals surface area (Å²) in [5.74, 6) is 0.285. The van der Waals surface area contributed by atoms with E-state index in [2.05, 4.69) is 64.4 Å². The predicted molar refractivity (Wildman–Crippen MR) is 146 cm³/mol. The highest BCUT2D eigenvalue weighted by Crippen LogP contribution is 2.27. The first-order chi connectivity index (χ1) is 17.6. The first-order valence-corrected chi connectivity index (χ1v) is 12.7. The molecule has 0 saturated carbocycles. The van der Waals surface area contributed by atoms with Crippen molar-refractivity contribution in [2.75, 3.05) is 23.8 Å². The summed E-state index contributed by atoms with van der Waals surface area (Å²) in [6.07, 6.45) is -0.0775. The van der Waals surface area contributed by atoms with Crippen molar-refractivity contribution in [2.45, 2.75) is 59.6 Å². The number of pyridine rings is 1. The van der Waals surface area contributed by atoms with Crippen LogP contribution in [0.5, 0.6) is 5.75 Å². The Labute approximate surface area is 217 Å². The summed E-state index contributed by atoms with van der Waals surface area (Å²) in [7, 11) is 0. The number of fused-ring (bicyclic) bond motifs is 1. The van der Waals surface area contributed by atoms with Crippen LogP contribution in [0.2, 0.25) is 0 Å². The van der Waals surface area contributed by atoms with Crippen LogP contribution in [0.4, 0.5) is 11.6 Å². The van der Waals surface area contributed by atoms with Gasteiger partial charge in [-0.1, -0.05) is 12.1 Å². The molecule has 0 aliphatic carbocycles. The number of nitrogens with one attached hydrogen (secondary N) is 2. The number of rotatable bonds is 8. The highest BCUT2D eigenvalue weighted by atomic mass is 16.7. The summed E-state index contributed by atoms with van der Waals surface area (Å²) in [5, 5.41) is 17.5. The van der Waals surface area contributed by atoms with E-state index in [1.54, 1.807) is 12.1 Å². The van der Waals surface area contributed by atoms with E-state index in [1.807, 2.05) is 26.8 Å². The van der Waals surface area contributed by atoms with Crippen molar-refractivity contribution < 1.29 is 14.6 Å². The third-order valence-electron chi connectivity index (χ3n) is 6.48. The van der Waals surface area contributed by atoms with Crippen LogP contribution >= 0.6 is 0 Å². The highest BCUT2D eigenvalue weighted by molar-refractivity contribution is 5.80. The molecule has 0 unspecified atom stereocenters. The zero-order valence-corrected chi connectivity index (χ0v) is 22.1. The maximum Gasteiger partial charge on any atom is 0.204 e. The normalized spacial score (nSPS) is 16.8. The van der Waals surface area contributed by atoms with Crippen LogP contribution in [-0.4, -0.2) is 44.7 Å². The number of aryl methyl sites for hydroxylation is 3. The molecule has 0 radical (unpaired) electrons. The van der Waals surface area contributed by atoms with Gasteiger partial charge < -0.3 is 29.8 Å². The van der Waals surface area contributed by atoms with E-state index >= 15 is 0 Å². The molecule has 8 heteroatoms. The average Bonchev–Trinajstić information content (AvgIpc) is 3.36. The molecule has 0 bridgehead atoms. The minimum atomic E-state index is -0.582. The lowest BCUT2D eigenvalue weighted by molar-refractivity contribution is -0.136. The Balaban J connectivity index is 1.44. The van der Waals surface area contributed by atoms with Gasteiger partial charge in [-0.2, -0.15) is 0 Å². The van der Waals surface area contributed by atoms with Gasteiger partial charge in [0.05, 0.1) is 24.2 Å². The fourth-order valence-electron chi connectivity index (χ4n) is 4.79. The van der Waals surface area contributed by atoms with Gasteiger partial charge in [0.25, 0.3) is 0 Å². The summed E-state index contributed by atoms with van der Waals surface area (Å²) in [5.41, 5.74) is 7.99. The second-order valence-electron chi connectivity index (χ2n) is 10.3. The summed E-state index contributed by atoms with van der Waals surface area (Å²) >= 11 is 0. The lowest BCUT2D eigenvalue weighted by Gasteiger charge is -2.18. The largest absolute Gasteiger partial charge is 0.506 e. The minimum absolute atomic E-state index is 0.0775. The Kier molecular flexibility index (Phi) is 6.79. The number of imidazole rings is 1. The molecule has 8 nitrogen and oxygen atoms in total. The molecule has 194 valence electrons. The predicted octanol–water partition coefficient (Wildman–Crippen LogP) is 5.29. The molecule has 1 fully saturated rings. The van der Waals surface area contributed by atoms with Crippen molar-refractivity contribution in [1.29, 1.82) is 0 Å². The van der Waals surface area contributed by atoms with Gasteiger partial charge in [-0.05, 0) is 87.7 Å². The number of hydrogen-bond donors (Lipinski definition) is 3. The number of aromatic nitrogens is 3. The van der Waals surface area contributed by atoms with E-state index in [0.717, 1.165) is 28.0 Å². The summed E-state index contributed by atoms with van der Waals surface area (Å²) in [6, 6.07) is 16.3. The molecular formula is C29H35N5O3. The van der Waals surface area contributed by atoms with Gasteiger partial charge in [-0.15, -0.1) is 0 Å². The Morgan fingerprint density at radius 1 is 1.00 bits per heavy atom. The summed E-state index contributed by atoms with van der Waals surface area (Å²) in [4.78, 5) is 9.45. The molecule has 3 heterocycles. The number of anilines is 2. The molecule has 1 aliphatic heterocycles. The monoisotopic (exact) mass is 501 g/mol. The lowest BCUT2D eigenvalue weighted by atomic mass is 10.1. The van der Waals surface area contributed by atoms with Crippen molar-refractivity contribution in [3.05, 3.63) is 76.6 Å². The topological polar surface area (TPSA) is 93.5 Å². The van der Waals surface area contributed by atoms with E-state index in [1.165, 1.54) is 11.1 Å². The lowest BCUT2D eigenvalue weighted by Crippen LogP contribution is -2.26. The number of aromatic hydroxyl groups is 1. The van der Waals surface area contributed by atoms with Crippen LogP contribution in [0.15, 0.2) is 48.5 Å². The molecule has 1 aliphatic rings. The SMILES string of the molecule is Cc1cc(C)cc(NCc2ccc3nc(NC[C@@H]4COC(C)(C)O4)n(Cc4nc(C)ccc4O)c3c2)c1. The maximum atomic E-state index is 10.5. The first-order valence-electron chi connectivity index (χ1n) is 12.7. The van der Waals surface area contributed by atoms with Gasteiger partial charge in [0.1, 0.15) is 17.5 Å². The molecule has 0 spiro atoms. The Bertz CT molecular complexity index is 1410. The molecule has 0 amide bonds. The van der Waals surface area contributed by atoms with Crippen LogP contribution in [0.1, 0.15) is 41.9 Å². The van der Waals surface area contributed by atoms with Crippen LogP contribution in [0, 0.1) is 20.8 Å². The van der Waals surface area contributed by atoms with Crippen molar-refractivity contribution in [2.24, 2.45) is 0 Å². The molecule has 1 atom stereocenters. The van der Waals surface area contributed by atoms with Gasteiger partial charge in [0, 0.05) is 24.5 Å². The Hall–Kier alpha value is -3.62. The zero-order valence-electron chi connectivity index (χ0n) is 22.1. The Morgan fingerprint density at radius 3 is 2.51 bits per heavy atom. The molecule has 5 rings (SSSR count). The molecule has 4 aromatic rings. The molecule has 37 heavy (non-hydrogen) atoms. The fraction of sp³-hybridized carbons (Fsp3) is 0.379. The highest BCUT2D eigenvalue weighted by Gasteiger charge is 2.32. The summed E-state index contributed by atoms with van der Waals surface area (Å²) < 4.78 is 13.7. The van der Waals surface area contributed by atoms with Gasteiger partial charge in [0.15, 0.2) is 5.79 Å². The van der Waals surface area contributed by atoms with E-state index in [9.17, 15) is 5.11 Å². The van der Waals surface area contributed by atoms with Crippen molar-refractivity contribution >= 4 is 22.7 Å². The van der Waals surface area contributed by atoms with Crippen molar-refractivity contribution in [3.8, 4) is 5.75 Å². The second-order valence-corrected chi connectivity index (χ2v) is 10.3. The smallest absolute Gasteiger partial charge is 0.204 e. The third kappa shape index (κ3) is 5.87. The zero-order chi connectivity index (χ0) is 26.2. The Morgan fingerprint density at radius 2 is 1.78 bits per heavy atom. The quantitative estimate of drug-likeness (QED) is 0.302. The fourth-order valence-corrected chi connectivity index (χ4v) is 4.79. The average molecular weight is 502 g/mol. The van der Waals surface area contributed by atoms with Crippen LogP contribution in [0.25, 0.3) is 11.0 Å². The molecular weight excluding hydrogens is 466 g/mol. The molecule has 2 aromatic carbocycles. The number of nitrogens with zero attached hydrogens (tertiary/aromatic N) is 3. The maximum absolute atomic E-state index is 10.5. The molecule has 1 saturated heterocycles.